The highest BCUT2D eigenvalue weighted by Gasteiger charge is 2.26. The van der Waals surface area contributed by atoms with Crippen molar-refractivity contribution in [3.8, 4) is 17.6 Å². The summed E-state index contributed by atoms with van der Waals surface area (Å²) in [6.45, 7) is 4.44. The number of halogens is 2. The zero-order chi connectivity index (χ0) is 28.0. The fourth-order valence-electron chi connectivity index (χ4n) is 3.73. The second-order valence-electron chi connectivity index (χ2n) is 8.83. The van der Waals surface area contributed by atoms with Crippen molar-refractivity contribution in [3.63, 3.8) is 0 Å². The smallest absolute Gasteiger partial charge is 0.273 e. The van der Waals surface area contributed by atoms with Crippen molar-refractivity contribution in [2.75, 3.05) is 17.2 Å². The lowest BCUT2D eigenvalue weighted by molar-refractivity contribution is 0.301. The Kier molecular flexibility index (Phi) is 8.97. The summed E-state index contributed by atoms with van der Waals surface area (Å²) < 4.78 is 38.9. The molecule has 12 heteroatoms. The minimum atomic E-state index is -3.75. The summed E-state index contributed by atoms with van der Waals surface area (Å²) in [6.07, 6.45) is 1.47. The molecule has 1 N–H and O–H groups in total. The minimum absolute atomic E-state index is 0.0314. The maximum absolute atomic E-state index is 12.4. The number of ether oxygens (including phenoxy) is 2. The van der Waals surface area contributed by atoms with Crippen molar-refractivity contribution in [2.45, 2.75) is 30.1 Å². The summed E-state index contributed by atoms with van der Waals surface area (Å²) in [4.78, 5) is 8.25. The van der Waals surface area contributed by atoms with Gasteiger partial charge in [-0.05, 0) is 52.9 Å². The van der Waals surface area contributed by atoms with Gasteiger partial charge in [-0.3, -0.25) is 0 Å². The van der Waals surface area contributed by atoms with Gasteiger partial charge >= 0.3 is 0 Å². The molecule has 0 fully saturated rings. The van der Waals surface area contributed by atoms with Crippen molar-refractivity contribution in [1.29, 1.82) is 5.26 Å². The fourth-order valence-corrected chi connectivity index (χ4v) is 6.02. The molecule has 2 aromatic heterocycles. The van der Waals surface area contributed by atoms with Gasteiger partial charge in [0.05, 0.1) is 22.2 Å². The van der Waals surface area contributed by atoms with Crippen LogP contribution in [0.15, 0.2) is 70.4 Å². The number of hydrogen-bond donors (Lipinski definition) is 1. The summed E-state index contributed by atoms with van der Waals surface area (Å²) in [5.41, 5.74) is 2.22. The Balaban J connectivity index is 1.45. The van der Waals surface area contributed by atoms with E-state index in [9.17, 15) is 13.7 Å². The van der Waals surface area contributed by atoms with Gasteiger partial charge in [-0.1, -0.05) is 43.6 Å². The molecule has 202 valence electrons. The molecule has 0 atom stereocenters. The predicted molar refractivity (Wildman–Crippen MR) is 152 cm³/mol. The third-order valence-electron chi connectivity index (χ3n) is 5.87. The monoisotopic (exact) mass is 602 g/mol. The molecule has 8 nitrogen and oxygen atoms in total. The van der Waals surface area contributed by atoms with E-state index in [1.54, 1.807) is 29.6 Å². The highest BCUT2D eigenvalue weighted by molar-refractivity contribution is 7.94. The first-order valence-electron chi connectivity index (χ1n) is 11.7. The molecule has 0 amide bonds. The number of hydrogen-bond acceptors (Lipinski definition) is 8. The van der Waals surface area contributed by atoms with Crippen LogP contribution >= 0.6 is 34.5 Å². The second kappa shape index (κ2) is 12.2. The summed E-state index contributed by atoms with van der Waals surface area (Å²) >= 11 is 13.3. The number of alkyl halides is 1. The Bertz CT molecular complexity index is 1590. The van der Waals surface area contributed by atoms with Crippen LogP contribution in [0.2, 0.25) is 5.02 Å². The van der Waals surface area contributed by atoms with E-state index in [0.717, 1.165) is 22.5 Å². The second-order valence-corrected chi connectivity index (χ2v) is 12.5. The Morgan fingerprint density at radius 3 is 2.54 bits per heavy atom. The largest absolute Gasteiger partial charge is 0.489 e. The van der Waals surface area contributed by atoms with Crippen LogP contribution in [0.5, 0.6) is 11.5 Å². The van der Waals surface area contributed by atoms with Crippen LogP contribution in [0.4, 0.5) is 5.95 Å². The van der Waals surface area contributed by atoms with Crippen LogP contribution in [-0.2, 0) is 22.0 Å². The molecule has 0 unspecified atom stereocenters. The first kappa shape index (κ1) is 28.6. The number of nitriles is 1. The van der Waals surface area contributed by atoms with Crippen molar-refractivity contribution in [3.05, 3.63) is 93.6 Å². The minimum Gasteiger partial charge on any atom is -0.489 e. The van der Waals surface area contributed by atoms with Gasteiger partial charge in [-0.2, -0.15) is 5.26 Å². The zero-order valence-electron chi connectivity index (χ0n) is 21.0. The third-order valence-corrected chi connectivity index (χ3v) is 9.03. The molecule has 0 saturated carbocycles. The van der Waals surface area contributed by atoms with Crippen LogP contribution in [0.3, 0.4) is 0 Å². The lowest BCUT2D eigenvalue weighted by atomic mass is 9.77. The predicted octanol–water partition coefficient (Wildman–Crippen LogP) is 6.39. The van der Waals surface area contributed by atoms with Gasteiger partial charge in [0.1, 0.15) is 29.2 Å². The molecule has 2 heterocycles. The lowest BCUT2D eigenvalue weighted by Gasteiger charge is -2.27. The van der Waals surface area contributed by atoms with Gasteiger partial charge in [0, 0.05) is 11.6 Å². The SMILES string of the molecule is CC(C)(c1ccc(OCc2ccnc(NS(=O)(=O)c3cccs3)n2)cc1)c1cc(Cl)c(OCCCl)c(C#N)c1. The fraction of sp³-hybridized carbons (Fsp3) is 0.222. The number of aromatic nitrogens is 2. The average molecular weight is 604 g/mol. The molecule has 0 aliphatic heterocycles. The van der Waals surface area contributed by atoms with E-state index in [2.05, 4.69) is 20.8 Å². The lowest BCUT2D eigenvalue weighted by Crippen LogP contribution is -2.19. The summed E-state index contributed by atoms with van der Waals surface area (Å²) in [7, 11) is -3.75. The Morgan fingerprint density at radius 1 is 1.10 bits per heavy atom. The van der Waals surface area contributed by atoms with E-state index < -0.39 is 15.4 Å². The van der Waals surface area contributed by atoms with E-state index in [4.69, 9.17) is 32.7 Å². The molecule has 0 saturated heterocycles. The van der Waals surface area contributed by atoms with Crippen LogP contribution in [0, 0.1) is 11.3 Å². The molecule has 4 aromatic rings. The average Bonchev–Trinajstić information content (AvgIpc) is 3.47. The molecule has 39 heavy (non-hydrogen) atoms. The quantitative estimate of drug-likeness (QED) is 0.198. The molecular formula is C27H24Cl2N4O4S2. The zero-order valence-corrected chi connectivity index (χ0v) is 24.2. The molecule has 0 bridgehead atoms. The third kappa shape index (κ3) is 6.81. The normalized spacial score (nSPS) is 11.6. The number of benzene rings is 2. The summed E-state index contributed by atoms with van der Waals surface area (Å²) in [6, 6.07) is 18.1. The summed E-state index contributed by atoms with van der Waals surface area (Å²) in [5, 5.41) is 11.7. The number of sulfonamides is 1. The first-order valence-corrected chi connectivity index (χ1v) is 15.0. The topological polar surface area (TPSA) is 114 Å². The van der Waals surface area contributed by atoms with E-state index in [1.807, 2.05) is 38.1 Å². The van der Waals surface area contributed by atoms with E-state index in [1.165, 1.54) is 12.3 Å². The van der Waals surface area contributed by atoms with E-state index in [-0.39, 0.29) is 29.3 Å². The van der Waals surface area contributed by atoms with Gasteiger partial charge in [0.25, 0.3) is 10.0 Å². The number of nitrogens with zero attached hydrogens (tertiary/aromatic N) is 3. The Labute approximate surface area is 241 Å². The van der Waals surface area contributed by atoms with Gasteiger partial charge in [0.2, 0.25) is 5.95 Å². The molecule has 0 aliphatic carbocycles. The number of nitrogens with one attached hydrogen (secondary N) is 1. The van der Waals surface area contributed by atoms with E-state index >= 15 is 0 Å². The first-order chi connectivity index (χ1) is 18.6. The van der Waals surface area contributed by atoms with Crippen molar-refractivity contribution < 1.29 is 17.9 Å². The van der Waals surface area contributed by atoms with Crippen LogP contribution < -0.4 is 14.2 Å². The van der Waals surface area contributed by atoms with E-state index in [0.29, 0.717) is 27.8 Å². The van der Waals surface area contributed by atoms with Crippen LogP contribution in [0.1, 0.15) is 36.2 Å². The molecule has 0 aliphatic rings. The number of anilines is 1. The van der Waals surface area contributed by atoms with Crippen molar-refractivity contribution in [2.24, 2.45) is 0 Å². The van der Waals surface area contributed by atoms with Gasteiger partial charge < -0.3 is 9.47 Å². The molecular weight excluding hydrogens is 579 g/mol. The van der Waals surface area contributed by atoms with Gasteiger partial charge in [-0.15, -0.1) is 22.9 Å². The van der Waals surface area contributed by atoms with Crippen LogP contribution in [-0.4, -0.2) is 30.9 Å². The number of thiophene rings is 1. The Morgan fingerprint density at radius 2 is 1.87 bits per heavy atom. The van der Waals surface area contributed by atoms with Crippen molar-refractivity contribution in [1.82, 2.24) is 9.97 Å². The molecule has 0 radical (unpaired) electrons. The summed E-state index contributed by atoms with van der Waals surface area (Å²) in [5.74, 6) is 1.19. The molecule has 2 aromatic carbocycles. The highest BCUT2D eigenvalue weighted by atomic mass is 35.5. The maximum Gasteiger partial charge on any atom is 0.273 e. The molecule has 4 rings (SSSR count). The van der Waals surface area contributed by atoms with Crippen molar-refractivity contribution >= 4 is 50.5 Å². The standard InChI is InChI=1S/C27H24Cl2N4O4S2/c1-27(2,20-14-18(16-30)25(23(29)15-20)36-12-10-28)19-5-7-22(8-6-19)37-17-21-9-11-31-26(32-21)33-39(34,35)24-4-3-13-38-24/h3-9,11,13-15H,10,12,17H2,1-2H3,(H,31,32,33). The molecule has 0 spiro atoms. The highest BCUT2D eigenvalue weighted by Crippen LogP contribution is 2.38. The van der Waals surface area contributed by atoms with Gasteiger partial charge in [0.15, 0.2) is 5.75 Å². The van der Waals surface area contributed by atoms with Crippen LogP contribution in [0.25, 0.3) is 0 Å². The Hall–Kier alpha value is -3.36. The number of rotatable bonds is 11. The maximum atomic E-state index is 12.4. The van der Waals surface area contributed by atoms with Gasteiger partial charge in [-0.25, -0.2) is 23.1 Å².